The first kappa shape index (κ1) is 10.4. The number of carbonyl (C=O) groups is 1. The van der Waals surface area contributed by atoms with Crippen LogP contribution < -0.4 is 4.74 Å². The number of esters is 1. The molecule has 0 aliphatic rings. The van der Waals surface area contributed by atoms with Gasteiger partial charge in [-0.1, -0.05) is 0 Å². The van der Waals surface area contributed by atoms with E-state index in [4.69, 9.17) is 9.47 Å². The number of hydrogen-bond donors (Lipinski definition) is 0. The van der Waals surface area contributed by atoms with Gasteiger partial charge < -0.3 is 9.47 Å². The second-order valence-corrected chi connectivity index (χ2v) is 3.23. The number of nitrogens with zero attached hydrogens (tertiary/aromatic N) is 1. The minimum Gasteiger partial charge on any atom is -0.496 e. The van der Waals surface area contributed by atoms with Crippen LogP contribution in [0.2, 0.25) is 0 Å². The van der Waals surface area contributed by atoms with Crippen LogP contribution in [0.15, 0.2) is 30.6 Å². The van der Waals surface area contributed by atoms with Gasteiger partial charge in [-0.3, -0.25) is 4.98 Å². The molecule has 0 bridgehead atoms. The first-order valence-corrected chi connectivity index (χ1v) is 4.77. The highest BCUT2D eigenvalue weighted by Crippen LogP contribution is 2.27. The van der Waals surface area contributed by atoms with Gasteiger partial charge in [0.1, 0.15) is 5.75 Å². The lowest BCUT2D eigenvalue weighted by Crippen LogP contribution is -2.02. The Morgan fingerprint density at radius 2 is 2.00 bits per heavy atom. The van der Waals surface area contributed by atoms with Crippen molar-refractivity contribution in [3.8, 4) is 5.75 Å². The fourth-order valence-electron chi connectivity index (χ4n) is 1.63. The quantitative estimate of drug-likeness (QED) is 0.722. The Bertz CT molecular complexity index is 537. The SMILES string of the molecule is COC(=O)c1ccc(OC)c2cnccc12. The number of pyridine rings is 1. The molecule has 0 aliphatic heterocycles. The summed E-state index contributed by atoms with van der Waals surface area (Å²) in [7, 11) is 2.94. The summed E-state index contributed by atoms with van der Waals surface area (Å²) < 4.78 is 9.92. The fourth-order valence-corrected chi connectivity index (χ4v) is 1.63. The van der Waals surface area contributed by atoms with Gasteiger partial charge >= 0.3 is 5.97 Å². The molecule has 2 aromatic rings. The fraction of sp³-hybridized carbons (Fsp3) is 0.167. The Balaban J connectivity index is 2.74. The third-order valence-corrected chi connectivity index (χ3v) is 2.40. The van der Waals surface area contributed by atoms with E-state index in [9.17, 15) is 4.79 Å². The zero-order chi connectivity index (χ0) is 11.5. The van der Waals surface area contributed by atoms with Gasteiger partial charge in [-0.25, -0.2) is 4.79 Å². The second kappa shape index (κ2) is 4.18. The lowest BCUT2D eigenvalue weighted by Gasteiger charge is -2.08. The van der Waals surface area contributed by atoms with E-state index in [2.05, 4.69) is 4.98 Å². The molecule has 1 heterocycles. The minimum atomic E-state index is -0.362. The van der Waals surface area contributed by atoms with Gasteiger partial charge in [0.15, 0.2) is 0 Å². The van der Waals surface area contributed by atoms with Crippen molar-refractivity contribution < 1.29 is 14.3 Å². The highest BCUT2D eigenvalue weighted by atomic mass is 16.5. The Morgan fingerprint density at radius 3 is 2.69 bits per heavy atom. The maximum atomic E-state index is 11.5. The molecule has 16 heavy (non-hydrogen) atoms. The highest BCUT2D eigenvalue weighted by molar-refractivity contribution is 6.06. The maximum absolute atomic E-state index is 11.5. The largest absolute Gasteiger partial charge is 0.496 e. The molecule has 0 saturated carbocycles. The Kier molecular flexibility index (Phi) is 2.72. The lowest BCUT2D eigenvalue weighted by atomic mass is 10.1. The number of aromatic nitrogens is 1. The molecule has 1 aromatic heterocycles. The van der Waals surface area contributed by atoms with Crippen molar-refractivity contribution >= 4 is 16.7 Å². The number of benzene rings is 1. The monoisotopic (exact) mass is 217 g/mol. The first-order valence-electron chi connectivity index (χ1n) is 4.77. The lowest BCUT2D eigenvalue weighted by molar-refractivity contribution is 0.0603. The van der Waals surface area contributed by atoms with Crippen LogP contribution in [0.3, 0.4) is 0 Å². The van der Waals surface area contributed by atoms with Crippen molar-refractivity contribution in [2.24, 2.45) is 0 Å². The van der Waals surface area contributed by atoms with Gasteiger partial charge in [0, 0.05) is 23.2 Å². The number of hydrogen-bond acceptors (Lipinski definition) is 4. The van der Waals surface area contributed by atoms with Crippen LogP contribution >= 0.6 is 0 Å². The molecular weight excluding hydrogens is 206 g/mol. The third kappa shape index (κ3) is 1.58. The topological polar surface area (TPSA) is 48.4 Å². The summed E-state index contributed by atoms with van der Waals surface area (Å²) in [6.07, 6.45) is 3.30. The Morgan fingerprint density at radius 1 is 1.19 bits per heavy atom. The van der Waals surface area contributed by atoms with E-state index in [1.165, 1.54) is 7.11 Å². The zero-order valence-corrected chi connectivity index (χ0v) is 9.06. The van der Waals surface area contributed by atoms with Crippen molar-refractivity contribution in [3.05, 3.63) is 36.2 Å². The minimum absolute atomic E-state index is 0.362. The van der Waals surface area contributed by atoms with E-state index < -0.39 is 0 Å². The predicted molar refractivity (Wildman–Crippen MR) is 59.6 cm³/mol. The maximum Gasteiger partial charge on any atom is 0.338 e. The first-order chi connectivity index (χ1) is 7.77. The number of rotatable bonds is 2. The molecule has 0 aliphatic carbocycles. The molecule has 0 atom stereocenters. The molecule has 4 heteroatoms. The summed E-state index contributed by atoms with van der Waals surface area (Å²) in [5.41, 5.74) is 0.515. The Labute approximate surface area is 92.8 Å². The van der Waals surface area contributed by atoms with Crippen LogP contribution in [-0.4, -0.2) is 25.2 Å². The van der Waals surface area contributed by atoms with Gasteiger partial charge in [-0.15, -0.1) is 0 Å². The molecule has 2 rings (SSSR count). The molecule has 0 amide bonds. The second-order valence-electron chi connectivity index (χ2n) is 3.23. The summed E-state index contributed by atoms with van der Waals surface area (Å²) in [5, 5.41) is 1.58. The van der Waals surface area contributed by atoms with E-state index in [-0.39, 0.29) is 5.97 Å². The van der Waals surface area contributed by atoms with Gasteiger partial charge in [0.25, 0.3) is 0 Å². The van der Waals surface area contributed by atoms with Gasteiger partial charge in [0.05, 0.1) is 19.8 Å². The van der Waals surface area contributed by atoms with Gasteiger partial charge in [-0.05, 0) is 18.2 Å². The van der Waals surface area contributed by atoms with Gasteiger partial charge in [-0.2, -0.15) is 0 Å². The predicted octanol–water partition coefficient (Wildman–Crippen LogP) is 2.03. The molecule has 82 valence electrons. The van der Waals surface area contributed by atoms with E-state index in [0.29, 0.717) is 11.3 Å². The number of methoxy groups -OCH3 is 2. The number of carbonyl (C=O) groups excluding carboxylic acids is 1. The number of ether oxygens (including phenoxy) is 2. The van der Waals surface area contributed by atoms with Crippen LogP contribution in [0.1, 0.15) is 10.4 Å². The van der Waals surface area contributed by atoms with E-state index in [1.807, 2.05) is 0 Å². The highest BCUT2D eigenvalue weighted by Gasteiger charge is 2.12. The summed E-state index contributed by atoms with van der Waals surface area (Å²) in [4.78, 5) is 15.6. The van der Waals surface area contributed by atoms with Crippen LogP contribution in [0.5, 0.6) is 5.75 Å². The summed E-state index contributed by atoms with van der Waals surface area (Å²) in [6, 6.07) is 5.19. The third-order valence-electron chi connectivity index (χ3n) is 2.40. The average Bonchev–Trinajstić information content (AvgIpc) is 2.36. The van der Waals surface area contributed by atoms with Crippen molar-refractivity contribution in [1.29, 1.82) is 0 Å². The van der Waals surface area contributed by atoms with Crippen LogP contribution in [0.4, 0.5) is 0 Å². The van der Waals surface area contributed by atoms with E-state index in [0.717, 1.165) is 10.8 Å². The summed E-state index contributed by atoms with van der Waals surface area (Å²) in [5.74, 6) is 0.328. The summed E-state index contributed by atoms with van der Waals surface area (Å²) >= 11 is 0. The molecule has 1 aromatic carbocycles. The smallest absolute Gasteiger partial charge is 0.338 e. The van der Waals surface area contributed by atoms with E-state index in [1.54, 1.807) is 37.7 Å². The van der Waals surface area contributed by atoms with Crippen LogP contribution in [0, 0.1) is 0 Å². The van der Waals surface area contributed by atoms with Gasteiger partial charge in [0.2, 0.25) is 0 Å². The van der Waals surface area contributed by atoms with Crippen molar-refractivity contribution in [1.82, 2.24) is 4.98 Å². The molecular formula is C12H11NO3. The van der Waals surface area contributed by atoms with E-state index >= 15 is 0 Å². The normalized spacial score (nSPS) is 10.1. The Hall–Kier alpha value is -2.10. The molecule has 0 unspecified atom stereocenters. The molecule has 0 radical (unpaired) electrons. The van der Waals surface area contributed by atoms with Crippen LogP contribution in [-0.2, 0) is 4.74 Å². The number of fused-ring (bicyclic) bond motifs is 1. The molecule has 0 spiro atoms. The molecule has 0 N–H and O–H groups in total. The molecule has 0 fully saturated rings. The summed E-state index contributed by atoms with van der Waals surface area (Å²) in [6.45, 7) is 0. The average molecular weight is 217 g/mol. The molecule has 0 saturated heterocycles. The standard InChI is InChI=1S/C12H11NO3/c1-15-11-4-3-9(12(14)16-2)8-5-6-13-7-10(8)11/h3-7H,1-2H3. The van der Waals surface area contributed by atoms with Crippen molar-refractivity contribution in [3.63, 3.8) is 0 Å². The zero-order valence-electron chi connectivity index (χ0n) is 9.06. The van der Waals surface area contributed by atoms with Crippen molar-refractivity contribution in [2.45, 2.75) is 0 Å². The van der Waals surface area contributed by atoms with Crippen molar-refractivity contribution in [2.75, 3.05) is 14.2 Å². The van der Waals surface area contributed by atoms with Crippen LogP contribution in [0.25, 0.3) is 10.8 Å². The molecule has 4 nitrogen and oxygen atoms in total.